The Bertz CT molecular complexity index is 348. The molecule has 0 bridgehead atoms. The van der Waals surface area contributed by atoms with Crippen molar-refractivity contribution < 1.29 is 9.90 Å². The number of hydrogen-bond acceptors (Lipinski definition) is 4. The van der Waals surface area contributed by atoms with E-state index in [-0.39, 0.29) is 6.03 Å². The molecule has 1 aromatic rings. The molecule has 6 heteroatoms. The molecule has 1 heterocycles. The highest BCUT2D eigenvalue weighted by Gasteiger charge is 2.12. The summed E-state index contributed by atoms with van der Waals surface area (Å²) in [5.41, 5.74) is 0.583. The number of aromatic nitrogens is 1. The summed E-state index contributed by atoms with van der Waals surface area (Å²) in [6.45, 7) is 6.82. The lowest BCUT2D eigenvalue weighted by molar-refractivity contribution is 0.195. The largest absolute Gasteiger partial charge is 0.387 e. The monoisotopic (exact) mass is 243 g/mol. The molecule has 0 aliphatic carbocycles. The number of nitrogens with zero attached hydrogens (tertiary/aromatic N) is 2. The van der Waals surface area contributed by atoms with Crippen LogP contribution in [0.15, 0.2) is 5.38 Å². The van der Waals surface area contributed by atoms with Gasteiger partial charge < -0.3 is 10.0 Å². The van der Waals surface area contributed by atoms with Crippen LogP contribution in [0.25, 0.3) is 0 Å². The maximum absolute atomic E-state index is 11.7. The lowest BCUT2D eigenvalue weighted by Crippen LogP contribution is -2.34. The first kappa shape index (κ1) is 12.9. The normalized spacial score (nSPS) is 12.2. The third kappa shape index (κ3) is 3.18. The molecule has 2 N–H and O–H groups in total. The van der Waals surface area contributed by atoms with Gasteiger partial charge in [0, 0.05) is 18.5 Å². The smallest absolute Gasteiger partial charge is 0.323 e. The number of aliphatic hydroxyl groups excluding tert-OH is 1. The van der Waals surface area contributed by atoms with Crippen LogP contribution in [0.5, 0.6) is 0 Å². The van der Waals surface area contributed by atoms with Crippen LogP contribution in [0.2, 0.25) is 0 Å². The topological polar surface area (TPSA) is 65.5 Å². The van der Waals surface area contributed by atoms with Gasteiger partial charge in [0.05, 0.1) is 11.8 Å². The summed E-state index contributed by atoms with van der Waals surface area (Å²) >= 11 is 1.31. The molecule has 0 aliphatic heterocycles. The maximum atomic E-state index is 11.7. The van der Waals surface area contributed by atoms with Crippen molar-refractivity contribution in [3.8, 4) is 0 Å². The summed E-state index contributed by atoms with van der Waals surface area (Å²) in [6.07, 6.45) is -0.602. The summed E-state index contributed by atoms with van der Waals surface area (Å²) in [5, 5.41) is 14.3. The molecule has 5 nitrogen and oxygen atoms in total. The Kier molecular flexibility index (Phi) is 4.70. The van der Waals surface area contributed by atoms with Gasteiger partial charge in [0.15, 0.2) is 5.13 Å². The third-order valence-corrected chi connectivity index (χ3v) is 2.99. The second-order valence-corrected chi connectivity index (χ2v) is 4.21. The number of rotatable bonds is 4. The Morgan fingerprint density at radius 2 is 2.25 bits per heavy atom. The molecule has 1 unspecified atom stereocenters. The first-order valence-electron chi connectivity index (χ1n) is 5.27. The average Bonchev–Trinajstić information content (AvgIpc) is 2.68. The van der Waals surface area contributed by atoms with Gasteiger partial charge in [-0.2, -0.15) is 0 Å². The molecule has 0 aromatic carbocycles. The van der Waals surface area contributed by atoms with Crippen molar-refractivity contribution in [1.29, 1.82) is 0 Å². The zero-order valence-electron chi connectivity index (χ0n) is 9.73. The minimum atomic E-state index is -0.602. The Morgan fingerprint density at radius 3 is 2.69 bits per heavy atom. The van der Waals surface area contributed by atoms with Crippen LogP contribution in [0.4, 0.5) is 9.93 Å². The maximum Gasteiger partial charge on any atom is 0.323 e. The average molecular weight is 243 g/mol. The number of nitrogens with one attached hydrogen (secondary N) is 1. The molecule has 90 valence electrons. The van der Waals surface area contributed by atoms with Gasteiger partial charge in [-0.1, -0.05) is 0 Å². The second kappa shape index (κ2) is 5.81. The molecular weight excluding hydrogens is 226 g/mol. The van der Waals surface area contributed by atoms with Crippen molar-refractivity contribution in [2.45, 2.75) is 26.9 Å². The summed E-state index contributed by atoms with van der Waals surface area (Å²) in [4.78, 5) is 17.5. The molecular formula is C10H17N3O2S. The molecule has 0 saturated carbocycles. The van der Waals surface area contributed by atoms with Gasteiger partial charge in [-0.3, -0.25) is 5.32 Å². The Hall–Kier alpha value is -1.14. The van der Waals surface area contributed by atoms with Gasteiger partial charge in [-0.05, 0) is 20.8 Å². The van der Waals surface area contributed by atoms with Crippen LogP contribution >= 0.6 is 11.3 Å². The van der Waals surface area contributed by atoms with Crippen LogP contribution in [-0.4, -0.2) is 34.1 Å². The van der Waals surface area contributed by atoms with E-state index in [9.17, 15) is 9.90 Å². The van der Waals surface area contributed by atoms with Gasteiger partial charge in [0.1, 0.15) is 0 Å². The first-order valence-corrected chi connectivity index (χ1v) is 6.15. The molecule has 1 atom stereocenters. The van der Waals surface area contributed by atoms with Crippen LogP contribution in [0, 0.1) is 0 Å². The molecule has 0 radical (unpaired) electrons. The summed E-state index contributed by atoms with van der Waals surface area (Å²) in [7, 11) is 0. The fourth-order valence-electron chi connectivity index (χ4n) is 1.22. The van der Waals surface area contributed by atoms with Crippen molar-refractivity contribution >= 4 is 22.5 Å². The number of anilines is 1. The first-order chi connectivity index (χ1) is 7.58. The number of urea groups is 1. The SMILES string of the molecule is CCN(CC)C(=O)Nc1nc(C(C)O)cs1. The number of carbonyl (C=O) groups excluding carboxylic acids is 1. The minimum absolute atomic E-state index is 0.156. The molecule has 1 rings (SSSR count). The van der Waals surface area contributed by atoms with E-state index in [2.05, 4.69) is 10.3 Å². The fraction of sp³-hybridized carbons (Fsp3) is 0.600. The predicted molar refractivity (Wildman–Crippen MR) is 64.7 cm³/mol. The highest BCUT2D eigenvalue weighted by Crippen LogP contribution is 2.20. The molecule has 0 spiro atoms. The van der Waals surface area contributed by atoms with Crippen LogP contribution in [0.3, 0.4) is 0 Å². The van der Waals surface area contributed by atoms with Crippen molar-refractivity contribution in [1.82, 2.24) is 9.88 Å². The number of carbonyl (C=O) groups is 1. The van der Waals surface area contributed by atoms with Gasteiger partial charge >= 0.3 is 6.03 Å². The summed E-state index contributed by atoms with van der Waals surface area (Å²) in [5.74, 6) is 0. The number of aliphatic hydroxyl groups is 1. The van der Waals surface area contributed by atoms with E-state index in [0.29, 0.717) is 23.9 Å². The van der Waals surface area contributed by atoms with E-state index in [1.807, 2.05) is 13.8 Å². The highest BCUT2D eigenvalue weighted by molar-refractivity contribution is 7.13. The molecule has 0 aliphatic rings. The standard InChI is InChI=1S/C10H17N3O2S/c1-4-13(5-2)10(15)12-9-11-8(6-16-9)7(3)14/h6-7,14H,4-5H2,1-3H3,(H,11,12,15). The summed E-state index contributed by atoms with van der Waals surface area (Å²) in [6, 6.07) is -0.156. The summed E-state index contributed by atoms with van der Waals surface area (Å²) < 4.78 is 0. The number of thiazole rings is 1. The van der Waals surface area contributed by atoms with Gasteiger partial charge in [0.25, 0.3) is 0 Å². The predicted octanol–water partition coefficient (Wildman–Crippen LogP) is 2.07. The van der Waals surface area contributed by atoms with Crippen molar-refractivity contribution in [3.63, 3.8) is 0 Å². The number of amides is 2. The van der Waals surface area contributed by atoms with E-state index in [1.54, 1.807) is 17.2 Å². The zero-order chi connectivity index (χ0) is 12.1. The third-order valence-electron chi connectivity index (χ3n) is 2.21. The van der Waals surface area contributed by atoms with E-state index in [0.717, 1.165) is 0 Å². The van der Waals surface area contributed by atoms with Gasteiger partial charge in [0.2, 0.25) is 0 Å². The second-order valence-electron chi connectivity index (χ2n) is 3.36. The van der Waals surface area contributed by atoms with Gasteiger partial charge in [-0.15, -0.1) is 11.3 Å². The van der Waals surface area contributed by atoms with Gasteiger partial charge in [-0.25, -0.2) is 9.78 Å². The van der Waals surface area contributed by atoms with E-state index in [4.69, 9.17) is 0 Å². The van der Waals surface area contributed by atoms with Crippen molar-refractivity contribution in [2.75, 3.05) is 18.4 Å². The Balaban J connectivity index is 2.62. The lowest BCUT2D eigenvalue weighted by atomic mass is 10.3. The van der Waals surface area contributed by atoms with Crippen molar-refractivity contribution in [3.05, 3.63) is 11.1 Å². The fourth-order valence-corrected chi connectivity index (χ4v) is 2.00. The Labute approximate surface area is 99.1 Å². The molecule has 16 heavy (non-hydrogen) atoms. The molecule has 2 amide bonds. The zero-order valence-corrected chi connectivity index (χ0v) is 10.5. The van der Waals surface area contributed by atoms with Crippen LogP contribution in [-0.2, 0) is 0 Å². The molecule has 1 aromatic heterocycles. The molecule has 0 fully saturated rings. The number of hydrogen-bond donors (Lipinski definition) is 2. The minimum Gasteiger partial charge on any atom is -0.387 e. The lowest BCUT2D eigenvalue weighted by Gasteiger charge is -2.17. The van der Waals surface area contributed by atoms with Crippen LogP contribution in [0.1, 0.15) is 32.6 Å². The van der Waals surface area contributed by atoms with E-state index >= 15 is 0 Å². The van der Waals surface area contributed by atoms with Crippen LogP contribution < -0.4 is 5.32 Å². The highest BCUT2D eigenvalue weighted by atomic mass is 32.1. The quantitative estimate of drug-likeness (QED) is 0.850. The van der Waals surface area contributed by atoms with E-state index in [1.165, 1.54) is 11.3 Å². The molecule has 0 saturated heterocycles. The van der Waals surface area contributed by atoms with Crippen molar-refractivity contribution in [2.24, 2.45) is 0 Å². The van der Waals surface area contributed by atoms with E-state index < -0.39 is 6.10 Å². The Morgan fingerprint density at radius 1 is 1.62 bits per heavy atom.